The van der Waals surface area contributed by atoms with Gasteiger partial charge in [0, 0.05) is 46.8 Å². The summed E-state index contributed by atoms with van der Waals surface area (Å²) >= 11 is 6.46. The Hall–Kier alpha value is -2.70. The molecule has 30 heavy (non-hydrogen) atoms. The summed E-state index contributed by atoms with van der Waals surface area (Å²) in [6.07, 6.45) is 1.79. The topological polar surface area (TPSA) is 68.5 Å². The maximum absolute atomic E-state index is 12.2. The highest BCUT2D eigenvalue weighted by atomic mass is 35.5. The van der Waals surface area contributed by atoms with Crippen molar-refractivity contribution in [2.45, 2.75) is 19.2 Å². The molecule has 1 aromatic heterocycles. The van der Waals surface area contributed by atoms with Crippen molar-refractivity contribution in [2.24, 2.45) is 12.0 Å². The van der Waals surface area contributed by atoms with E-state index in [4.69, 9.17) is 16.6 Å². The minimum absolute atomic E-state index is 0.0313. The van der Waals surface area contributed by atoms with Gasteiger partial charge in [0.1, 0.15) is 0 Å². The Labute approximate surface area is 180 Å². The number of sulfone groups is 1. The third kappa shape index (κ3) is 3.85. The highest BCUT2D eigenvalue weighted by Gasteiger charge is 2.22. The van der Waals surface area contributed by atoms with E-state index in [1.54, 1.807) is 26.2 Å². The summed E-state index contributed by atoms with van der Waals surface area (Å²) in [4.78, 5) is 17.0. The standard InChI is InChI=1S/C23H21ClN2O3S/c1-3-30(28,29)14-15-8-9-17-19(10-15)20-13-26(2)22(27)11-16(20)12-25-23(17)18-6-4-5-7-21(18)24/h4-11,13H,3,12,14H2,1-2H3. The van der Waals surface area contributed by atoms with Gasteiger partial charge in [0.25, 0.3) is 5.56 Å². The van der Waals surface area contributed by atoms with E-state index in [0.717, 1.165) is 33.5 Å². The van der Waals surface area contributed by atoms with Crippen LogP contribution in [0.25, 0.3) is 11.1 Å². The molecule has 0 fully saturated rings. The van der Waals surface area contributed by atoms with Crippen molar-refractivity contribution in [1.29, 1.82) is 0 Å². The van der Waals surface area contributed by atoms with E-state index in [1.807, 2.05) is 42.5 Å². The normalized spacial score (nSPS) is 13.2. The molecule has 4 rings (SSSR count). The van der Waals surface area contributed by atoms with Crippen LogP contribution in [0.2, 0.25) is 5.02 Å². The average Bonchev–Trinajstić information content (AvgIpc) is 2.86. The second-order valence-corrected chi connectivity index (χ2v) is 10.1. The molecule has 2 heterocycles. The average molecular weight is 441 g/mol. The molecule has 0 atom stereocenters. The van der Waals surface area contributed by atoms with Gasteiger partial charge in [-0.1, -0.05) is 48.9 Å². The summed E-state index contributed by atoms with van der Waals surface area (Å²) in [5.41, 5.74) is 5.50. The Morgan fingerprint density at radius 2 is 1.80 bits per heavy atom. The summed E-state index contributed by atoms with van der Waals surface area (Å²) < 4.78 is 25.9. The second-order valence-electron chi connectivity index (χ2n) is 7.36. The first kappa shape index (κ1) is 20.6. The van der Waals surface area contributed by atoms with Crippen LogP contribution in [-0.2, 0) is 29.2 Å². The Morgan fingerprint density at radius 3 is 2.53 bits per heavy atom. The Kier molecular flexibility index (Phi) is 5.38. The van der Waals surface area contributed by atoms with Crippen LogP contribution in [0, 0.1) is 0 Å². The van der Waals surface area contributed by atoms with Gasteiger partial charge in [-0.25, -0.2) is 8.42 Å². The summed E-state index contributed by atoms with van der Waals surface area (Å²) in [6.45, 7) is 1.98. The van der Waals surface area contributed by atoms with Gasteiger partial charge < -0.3 is 4.57 Å². The van der Waals surface area contributed by atoms with E-state index in [9.17, 15) is 13.2 Å². The SMILES string of the molecule is CCS(=O)(=O)Cc1ccc2c(c1)-c1cn(C)c(=O)cc1CN=C2c1ccccc1Cl. The molecule has 0 spiro atoms. The monoisotopic (exact) mass is 440 g/mol. The second kappa shape index (κ2) is 7.85. The lowest BCUT2D eigenvalue weighted by molar-refractivity contribution is 0.596. The number of hydrogen-bond donors (Lipinski definition) is 0. The lowest BCUT2D eigenvalue weighted by Crippen LogP contribution is -2.16. The number of pyridine rings is 1. The van der Waals surface area contributed by atoms with Gasteiger partial charge in [-0.2, -0.15) is 0 Å². The quantitative estimate of drug-likeness (QED) is 0.616. The van der Waals surface area contributed by atoms with Gasteiger partial charge in [-0.3, -0.25) is 9.79 Å². The van der Waals surface area contributed by atoms with Crippen LogP contribution in [0.15, 0.2) is 64.5 Å². The molecule has 1 aliphatic heterocycles. The van der Waals surface area contributed by atoms with Crippen LogP contribution in [0.3, 0.4) is 0 Å². The highest BCUT2D eigenvalue weighted by molar-refractivity contribution is 7.90. The molecular formula is C23H21ClN2O3S. The maximum Gasteiger partial charge on any atom is 0.250 e. The Balaban J connectivity index is 1.98. The molecule has 5 nitrogen and oxygen atoms in total. The first-order valence-corrected chi connectivity index (χ1v) is 11.8. The lowest BCUT2D eigenvalue weighted by atomic mass is 9.92. The fourth-order valence-corrected chi connectivity index (χ4v) is 4.76. The van der Waals surface area contributed by atoms with Crippen LogP contribution >= 0.6 is 11.6 Å². The molecule has 0 saturated heterocycles. The van der Waals surface area contributed by atoms with Crippen molar-refractivity contribution in [2.75, 3.05) is 5.75 Å². The molecule has 0 saturated carbocycles. The van der Waals surface area contributed by atoms with E-state index < -0.39 is 9.84 Å². The molecule has 0 amide bonds. The first-order valence-electron chi connectivity index (χ1n) is 9.62. The number of nitrogens with zero attached hydrogens (tertiary/aromatic N) is 2. The molecule has 7 heteroatoms. The zero-order valence-electron chi connectivity index (χ0n) is 16.7. The minimum Gasteiger partial charge on any atom is -0.318 e. The van der Waals surface area contributed by atoms with Gasteiger partial charge in [-0.05, 0) is 28.8 Å². The molecule has 154 valence electrons. The highest BCUT2D eigenvalue weighted by Crippen LogP contribution is 2.34. The number of aryl methyl sites for hydroxylation is 1. The summed E-state index contributed by atoms with van der Waals surface area (Å²) in [5.74, 6) is 0.0535. The van der Waals surface area contributed by atoms with Gasteiger partial charge in [0.2, 0.25) is 0 Å². The van der Waals surface area contributed by atoms with Crippen LogP contribution in [-0.4, -0.2) is 24.4 Å². The van der Waals surface area contributed by atoms with Crippen LogP contribution in [0.5, 0.6) is 0 Å². The molecule has 0 radical (unpaired) electrons. The number of rotatable bonds is 4. The van der Waals surface area contributed by atoms with Crippen LogP contribution in [0.1, 0.15) is 29.2 Å². The summed E-state index contributed by atoms with van der Waals surface area (Å²) in [6, 6.07) is 14.7. The summed E-state index contributed by atoms with van der Waals surface area (Å²) in [5, 5.41) is 0.584. The predicted octanol–water partition coefficient (Wildman–Crippen LogP) is 3.99. The van der Waals surface area contributed by atoms with Crippen molar-refractivity contribution in [1.82, 2.24) is 4.57 Å². The molecule has 0 aliphatic carbocycles. The Morgan fingerprint density at radius 1 is 1.03 bits per heavy atom. The van der Waals surface area contributed by atoms with Gasteiger partial charge >= 0.3 is 0 Å². The van der Waals surface area contributed by atoms with Crippen molar-refractivity contribution < 1.29 is 8.42 Å². The molecule has 3 aromatic rings. The lowest BCUT2D eigenvalue weighted by Gasteiger charge is -2.15. The number of aromatic nitrogens is 1. The number of fused-ring (bicyclic) bond motifs is 3. The number of halogens is 1. The fourth-order valence-electron chi connectivity index (χ4n) is 3.64. The van der Waals surface area contributed by atoms with Crippen LogP contribution < -0.4 is 5.56 Å². The number of hydrogen-bond acceptors (Lipinski definition) is 4. The van der Waals surface area contributed by atoms with Gasteiger partial charge in [0.05, 0.1) is 18.0 Å². The van der Waals surface area contributed by atoms with E-state index in [1.165, 1.54) is 4.57 Å². The van der Waals surface area contributed by atoms with Crippen LogP contribution in [0.4, 0.5) is 0 Å². The van der Waals surface area contributed by atoms with E-state index in [-0.39, 0.29) is 17.1 Å². The van der Waals surface area contributed by atoms with Crippen molar-refractivity contribution in [3.63, 3.8) is 0 Å². The van der Waals surface area contributed by atoms with Crippen molar-refractivity contribution >= 4 is 27.1 Å². The van der Waals surface area contributed by atoms with E-state index in [0.29, 0.717) is 17.1 Å². The molecule has 1 aliphatic rings. The zero-order valence-corrected chi connectivity index (χ0v) is 18.3. The minimum atomic E-state index is -3.18. The molecular weight excluding hydrogens is 420 g/mol. The van der Waals surface area contributed by atoms with Gasteiger partial charge in [-0.15, -0.1) is 0 Å². The van der Waals surface area contributed by atoms with Gasteiger partial charge in [0.15, 0.2) is 9.84 Å². The maximum atomic E-state index is 12.2. The molecule has 0 bridgehead atoms. The van der Waals surface area contributed by atoms with Crippen molar-refractivity contribution in [3.05, 3.63) is 92.4 Å². The van der Waals surface area contributed by atoms with E-state index in [2.05, 4.69) is 0 Å². The fraction of sp³-hybridized carbons (Fsp3) is 0.217. The molecule has 0 N–H and O–H groups in total. The smallest absolute Gasteiger partial charge is 0.250 e. The summed E-state index contributed by atoms with van der Waals surface area (Å²) in [7, 11) is -1.48. The third-order valence-corrected chi connectivity index (χ3v) is 7.29. The zero-order chi connectivity index (χ0) is 21.5. The van der Waals surface area contributed by atoms with E-state index >= 15 is 0 Å². The number of benzene rings is 2. The number of aliphatic imine (C=N–C) groups is 1. The molecule has 2 aromatic carbocycles. The first-order chi connectivity index (χ1) is 14.3. The Bertz CT molecular complexity index is 1340. The third-order valence-electron chi connectivity index (χ3n) is 5.31. The van der Waals surface area contributed by atoms with Crippen molar-refractivity contribution in [3.8, 4) is 11.1 Å². The largest absolute Gasteiger partial charge is 0.318 e. The predicted molar refractivity (Wildman–Crippen MR) is 121 cm³/mol. The molecule has 0 unspecified atom stereocenters.